The number of nitrogens with zero attached hydrogens (tertiary/aromatic N) is 3. The van der Waals surface area contributed by atoms with Gasteiger partial charge in [0.2, 0.25) is 15.9 Å². The second-order valence-electron chi connectivity index (χ2n) is 11.1. The highest BCUT2D eigenvalue weighted by Gasteiger charge is 2.39. The highest BCUT2D eigenvalue weighted by molar-refractivity contribution is 7.89. The first-order valence-electron chi connectivity index (χ1n) is 15.2. The van der Waals surface area contributed by atoms with Crippen LogP contribution in [0.3, 0.4) is 0 Å². The number of carboxylic acid groups (broad SMARTS) is 2. The second kappa shape index (κ2) is 18.7. The average Bonchev–Trinajstić information content (AvgIpc) is 3.08. The summed E-state index contributed by atoms with van der Waals surface area (Å²) in [6.45, 7) is 6.40. The van der Waals surface area contributed by atoms with E-state index in [-0.39, 0.29) is 11.9 Å². The topological polar surface area (TPSA) is 180 Å². The number of aliphatic carboxylic acids is 2. The zero-order valence-electron chi connectivity index (χ0n) is 26.8. The van der Waals surface area contributed by atoms with Crippen LogP contribution in [0.1, 0.15) is 31.7 Å². The van der Waals surface area contributed by atoms with Crippen LogP contribution >= 0.6 is 0 Å². The molecule has 1 unspecified atom stereocenters. The molecule has 1 amide bonds. The third kappa shape index (κ3) is 13.2. The minimum absolute atomic E-state index is 0.111. The van der Waals surface area contributed by atoms with Crippen LogP contribution in [-0.4, -0.2) is 109 Å². The Morgan fingerprint density at radius 2 is 1.38 bits per heavy atom. The van der Waals surface area contributed by atoms with E-state index in [1.165, 1.54) is 0 Å². The fourth-order valence-electron chi connectivity index (χ4n) is 4.80. The van der Waals surface area contributed by atoms with Crippen molar-refractivity contribution < 1.29 is 59.4 Å². The van der Waals surface area contributed by atoms with E-state index in [1.807, 2.05) is 36.4 Å². The van der Waals surface area contributed by atoms with Crippen molar-refractivity contribution in [1.29, 1.82) is 5.26 Å². The number of rotatable bonds is 8. The summed E-state index contributed by atoms with van der Waals surface area (Å²) in [6, 6.07) is 16.2. The lowest BCUT2D eigenvalue weighted by molar-refractivity contribution is -0.193. The van der Waals surface area contributed by atoms with Crippen molar-refractivity contribution in [3.63, 3.8) is 0 Å². The summed E-state index contributed by atoms with van der Waals surface area (Å²) >= 11 is 0. The van der Waals surface area contributed by atoms with Gasteiger partial charge < -0.3 is 25.7 Å². The van der Waals surface area contributed by atoms with Crippen molar-refractivity contribution in [2.24, 2.45) is 0 Å². The minimum atomic E-state index is -5.08. The van der Waals surface area contributed by atoms with E-state index < -0.39 is 40.4 Å². The van der Waals surface area contributed by atoms with Gasteiger partial charge in [0.25, 0.3) is 0 Å². The third-order valence-electron chi connectivity index (χ3n) is 7.58. The Morgan fingerprint density at radius 3 is 1.78 bits per heavy atom. The van der Waals surface area contributed by atoms with Gasteiger partial charge in [0.05, 0.1) is 17.0 Å². The van der Waals surface area contributed by atoms with Crippen molar-refractivity contribution >= 4 is 27.9 Å². The maximum Gasteiger partial charge on any atom is 0.490 e. The molecule has 0 bridgehead atoms. The number of halogens is 6. The number of nitrogens with one attached hydrogen (secondary N) is 2. The maximum atomic E-state index is 13.0. The van der Waals surface area contributed by atoms with Gasteiger partial charge in [0.15, 0.2) is 0 Å². The monoisotopic (exact) mass is 737 g/mol. The largest absolute Gasteiger partial charge is 0.490 e. The summed E-state index contributed by atoms with van der Waals surface area (Å²) < 4.78 is 91.1. The first-order valence-corrected chi connectivity index (χ1v) is 16.7. The van der Waals surface area contributed by atoms with Crippen LogP contribution in [0.25, 0.3) is 11.1 Å². The maximum absolute atomic E-state index is 13.0. The van der Waals surface area contributed by atoms with Crippen molar-refractivity contribution in [3.8, 4) is 17.2 Å². The lowest BCUT2D eigenvalue weighted by Crippen LogP contribution is -2.49. The van der Waals surface area contributed by atoms with Crippen LogP contribution in [0.4, 0.5) is 26.3 Å². The van der Waals surface area contributed by atoms with Crippen molar-refractivity contribution in [3.05, 3.63) is 54.1 Å². The summed E-state index contributed by atoms with van der Waals surface area (Å²) in [5.74, 6) is -5.62. The number of nitriles is 1. The lowest BCUT2D eigenvalue weighted by Gasteiger charge is -2.33. The molecule has 19 heteroatoms. The molecule has 4 rings (SSSR count). The van der Waals surface area contributed by atoms with Crippen molar-refractivity contribution in [2.75, 3.05) is 39.3 Å². The molecule has 2 heterocycles. The zero-order valence-corrected chi connectivity index (χ0v) is 27.6. The lowest BCUT2D eigenvalue weighted by atomic mass is 10.00. The Morgan fingerprint density at radius 1 is 0.900 bits per heavy atom. The summed E-state index contributed by atoms with van der Waals surface area (Å²) in [4.78, 5) is 32.8. The number of piperidine rings is 1. The Labute approximate surface area is 284 Å². The van der Waals surface area contributed by atoms with Crippen LogP contribution in [0.5, 0.6) is 0 Å². The molecule has 4 N–H and O–H groups in total. The number of amides is 1. The van der Waals surface area contributed by atoms with E-state index in [1.54, 1.807) is 16.4 Å². The summed E-state index contributed by atoms with van der Waals surface area (Å²) in [7, 11) is -3.50. The number of carboxylic acids is 2. The standard InChI is InChI=1S/C27H35N5O3S.2C2HF3O2/c1-2-31-15-17-32(18-16-31)36(34,35)25-12-10-23(11-13-25)22-8-6-21(7-9-22)19-24(20-28)30-27(33)26-5-3-4-14-29-26;2*3-2(4,5)1(6)7/h6-13,24,26,29H,2-5,14-19H2,1H3,(H,30,33);2*(H,6,7)/t24?,26-;;/m0../s1. The van der Waals surface area contributed by atoms with E-state index in [9.17, 15) is 44.8 Å². The van der Waals surface area contributed by atoms with Gasteiger partial charge in [0, 0.05) is 32.6 Å². The van der Waals surface area contributed by atoms with Crippen LogP contribution in [0.2, 0.25) is 0 Å². The first kappa shape index (κ1) is 41.9. The first-order chi connectivity index (χ1) is 23.3. The van der Waals surface area contributed by atoms with Gasteiger partial charge in [-0.05, 0) is 54.8 Å². The predicted molar refractivity (Wildman–Crippen MR) is 167 cm³/mol. The summed E-state index contributed by atoms with van der Waals surface area (Å²) in [5, 5.41) is 29.9. The number of carbonyl (C=O) groups is 3. The molecule has 2 saturated heterocycles. The van der Waals surface area contributed by atoms with Gasteiger partial charge in [-0.25, -0.2) is 18.0 Å². The number of benzene rings is 2. The highest BCUT2D eigenvalue weighted by atomic mass is 32.2. The molecule has 0 radical (unpaired) electrons. The Kier molecular flexibility index (Phi) is 15.6. The molecule has 50 heavy (non-hydrogen) atoms. The molecular weight excluding hydrogens is 700 g/mol. The molecule has 2 atom stereocenters. The molecule has 2 aromatic carbocycles. The number of piperazine rings is 1. The Hall–Kier alpha value is -4.25. The quantitative estimate of drug-likeness (QED) is 0.292. The van der Waals surface area contributed by atoms with Gasteiger partial charge in [-0.1, -0.05) is 49.7 Å². The molecule has 276 valence electrons. The smallest absolute Gasteiger partial charge is 0.475 e. The summed E-state index contributed by atoms with van der Waals surface area (Å²) in [5.41, 5.74) is 2.83. The number of alkyl halides is 6. The van der Waals surface area contributed by atoms with E-state index >= 15 is 0 Å². The zero-order chi connectivity index (χ0) is 37.7. The van der Waals surface area contributed by atoms with Crippen molar-refractivity contribution in [1.82, 2.24) is 19.8 Å². The molecule has 0 aromatic heterocycles. The molecule has 2 aliphatic heterocycles. The van der Waals surface area contributed by atoms with Crippen molar-refractivity contribution in [2.45, 2.75) is 61.9 Å². The van der Waals surface area contributed by atoms with E-state index in [0.717, 1.165) is 62.1 Å². The molecule has 2 fully saturated rings. The molecule has 0 spiro atoms. The van der Waals surface area contributed by atoms with Crippen LogP contribution in [0, 0.1) is 11.3 Å². The van der Waals surface area contributed by atoms with Gasteiger partial charge >= 0.3 is 24.3 Å². The Balaban J connectivity index is 0.000000521. The number of hydrogen-bond donors (Lipinski definition) is 4. The second-order valence-corrected chi connectivity index (χ2v) is 13.0. The molecule has 0 aliphatic carbocycles. The van der Waals surface area contributed by atoms with E-state index in [4.69, 9.17) is 19.8 Å². The predicted octanol–water partition coefficient (Wildman–Crippen LogP) is 3.64. The van der Waals surface area contributed by atoms with E-state index in [0.29, 0.717) is 24.4 Å². The third-order valence-corrected chi connectivity index (χ3v) is 9.49. The normalized spacial score (nSPS) is 17.8. The van der Waals surface area contributed by atoms with Gasteiger partial charge in [-0.3, -0.25) is 4.79 Å². The Bertz CT molecular complexity index is 1540. The molecule has 2 aromatic rings. The molecule has 0 saturated carbocycles. The van der Waals surface area contributed by atoms with Gasteiger partial charge in [-0.2, -0.15) is 35.9 Å². The molecule has 12 nitrogen and oxygen atoms in total. The van der Waals surface area contributed by atoms with Crippen LogP contribution in [-0.2, 0) is 30.8 Å². The van der Waals surface area contributed by atoms with Crippen LogP contribution in [0.15, 0.2) is 53.4 Å². The van der Waals surface area contributed by atoms with Gasteiger partial charge in [-0.15, -0.1) is 0 Å². The summed E-state index contributed by atoms with van der Waals surface area (Å²) in [6.07, 6.45) is -6.84. The van der Waals surface area contributed by atoms with Crippen LogP contribution < -0.4 is 10.6 Å². The highest BCUT2D eigenvalue weighted by Crippen LogP contribution is 2.24. The fraction of sp³-hybridized carbons (Fsp3) is 0.484. The van der Waals surface area contributed by atoms with E-state index in [2.05, 4.69) is 28.5 Å². The number of hydrogen-bond acceptors (Lipinski definition) is 8. The number of likely N-dealkylation sites (N-methyl/N-ethyl adjacent to an activating group) is 1. The number of sulfonamides is 1. The molecule has 2 aliphatic rings. The fourth-order valence-corrected chi connectivity index (χ4v) is 6.22. The molecular formula is C31H37F6N5O7S. The van der Waals surface area contributed by atoms with Gasteiger partial charge in [0.1, 0.15) is 6.04 Å². The SMILES string of the molecule is CCN1CCN(S(=O)(=O)c2ccc(-c3ccc(CC(C#N)NC(=O)[C@@H]4CCCCN4)cc3)cc2)CC1.O=C(O)C(F)(F)F.O=C(O)C(F)(F)F. The average molecular weight is 738 g/mol. The minimum Gasteiger partial charge on any atom is -0.475 e. The number of carbonyl (C=O) groups excluding carboxylic acids is 1.